The van der Waals surface area contributed by atoms with Gasteiger partial charge < -0.3 is 14.8 Å². The van der Waals surface area contributed by atoms with Crippen LogP contribution in [0.4, 0.5) is 5.69 Å². The highest BCUT2D eigenvalue weighted by Gasteiger charge is 2.16. The quantitative estimate of drug-likeness (QED) is 0.700. The number of nitrogens with one attached hydrogen (secondary N) is 1. The number of carbonyl (C=O) groups excluding carboxylic acids is 2. The Morgan fingerprint density at radius 1 is 1.12 bits per heavy atom. The number of esters is 1. The minimum absolute atomic E-state index is 0.00425. The lowest BCUT2D eigenvalue weighted by molar-refractivity contribution is -0.116. The van der Waals surface area contributed by atoms with Gasteiger partial charge in [0, 0.05) is 6.42 Å². The van der Waals surface area contributed by atoms with Gasteiger partial charge in [-0.25, -0.2) is 4.79 Å². The fourth-order valence-corrected chi connectivity index (χ4v) is 3.27. The van der Waals surface area contributed by atoms with Gasteiger partial charge in [0.05, 0.1) is 24.5 Å². The van der Waals surface area contributed by atoms with Crippen LogP contribution in [0.5, 0.6) is 5.75 Å². The van der Waals surface area contributed by atoms with Crippen LogP contribution in [0.2, 0.25) is 0 Å². The van der Waals surface area contributed by atoms with Crippen LogP contribution < -0.4 is 10.1 Å². The zero-order valence-corrected chi connectivity index (χ0v) is 15.3. The molecule has 0 unspecified atom stereocenters. The first kappa shape index (κ1) is 19.3. The predicted octanol–water partition coefficient (Wildman–Crippen LogP) is 4.56. The summed E-state index contributed by atoms with van der Waals surface area (Å²) < 4.78 is 10.6. The standard InChI is InChI=1S/C20H29NO4/c1-3-24-18-14-16(20(23)25-4-2)11-12-17(18)21-19(22)13-10-15-8-6-5-7-9-15/h11-12,14-15H,3-10,13H2,1-2H3,(H,21,22). The predicted molar refractivity (Wildman–Crippen MR) is 98.0 cm³/mol. The van der Waals surface area contributed by atoms with Crippen LogP contribution >= 0.6 is 0 Å². The van der Waals surface area contributed by atoms with Gasteiger partial charge in [0.15, 0.2) is 0 Å². The first-order valence-corrected chi connectivity index (χ1v) is 9.37. The molecule has 2 rings (SSSR count). The third kappa shape index (κ3) is 6.07. The molecule has 0 aliphatic heterocycles. The van der Waals surface area contributed by atoms with E-state index >= 15 is 0 Å². The molecule has 1 amide bonds. The second-order valence-electron chi connectivity index (χ2n) is 6.46. The number of benzene rings is 1. The van der Waals surface area contributed by atoms with Gasteiger partial charge >= 0.3 is 5.97 Å². The maximum atomic E-state index is 12.3. The molecular formula is C20H29NO4. The Morgan fingerprint density at radius 3 is 2.56 bits per heavy atom. The summed E-state index contributed by atoms with van der Waals surface area (Å²) in [6.45, 7) is 4.41. The van der Waals surface area contributed by atoms with Crippen LogP contribution in [-0.2, 0) is 9.53 Å². The van der Waals surface area contributed by atoms with Crippen molar-refractivity contribution in [1.29, 1.82) is 0 Å². The highest BCUT2D eigenvalue weighted by atomic mass is 16.5. The maximum Gasteiger partial charge on any atom is 0.338 e. The summed E-state index contributed by atoms with van der Waals surface area (Å²) in [5, 5.41) is 2.92. The largest absolute Gasteiger partial charge is 0.492 e. The van der Waals surface area contributed by atoms with Crippen molar-refractivity contribution >= 4 is 17.6 Å². The highest BCUT2D eigenvalue weighted by molar-refractivity contribution is 5.95. The molecule has 0 spiro atoms. The van der Waals surface area contributed by atoms with Crippen molar-refractivity contribution in [3.05, 3.63) is 23.8 Å². The zero-order valence-electron chi connectivity index (χ0n) is 15.3. The molecule has 0 heterocycles. The van der Waals surface area contributed by atoms with E-state index in [-0.39, 0.29) is 5.91 Å². The lowest BCUT2D eigenvalue weighted by Crippen LogP contribution is -2.16. The lowest BCUT2D eigenvalue weighted by Gasteiger charge is -2.21. The monoisotopic (exact) mass is 347 g/mol. The van der Waals surface area contributed by atoms with E-state index in [0.717, 1.165) is 6.42 Å². The summed E-state index contributed by atoms with van der Waals surface area (Å²) in [6, 6.07) is 4.98. The number of carbonyl (C=O) groups is 2. The summed E-state index contributed by atoms with van der Waals surface area (Å²) in [5.74, 6) is 0.783. The maximum absolute atomic E-state index is 12.3. The van der Waals surface area contributed by atoms with Gasteiger partial charge in [0.2, 0.25) is 5.91 Å². The van der Waals surface area contributed by atoms with E-state index < -0.39 is 5.97 Å². The Morgan fingerprint density at radius 2 is 1.88 bits per heavy atom. The molecule has 1 aromatic rings. The summed E-state index contributed by atoms with van der Waals surface area (Å²) in [7, 11) is 0. The van der Waals surface area contributed by atoms with Gasteiger partial charge in [-0.2, -0.15) is 0 Å². The average molecular weight is 347 g/mol. The minimum Gasteiger partial charge on any atom is -0.492 e. The van der Waals surface area contributed by atoms with E-state index in [0.29, 0.717) is 42.6 Å². The van der Waals surface area contributed by atoms with Crippen LogP contribution in [0.3, 0.4) is 0 Å². The van der Waals surface area contributed by atoms with Crippen LogP contribution in [0.25, 0.3) is 0 Å². The van der Waals surface area contributed by atoms with Gasteiger partial charge in [0.1, 0.15) is 5.75 Å². The van der Waals surface area contributed by atoms with Gasteiger partial charge in [-0.1, -0.05) is 32.1 Å². The first-order valence-electron chi connectivity index (χ1n) is 9.37. The first-order chi connectivity index (χ1) is 12.1. The smallest absolute Gasteiger partial charge is 0.338 e. The summed E-state index contributed by atoms with van der Waals surface area (Å²) in [4.78, 5) is 24.1. The number of ether oxygens (including phenoxy) is 2. The van der Waals surface area contributed by atoms with Gasteiger partial charge in [-0.15, -0.1) is 0 Å². The summed E-state index contributed by atoms with van der Waals surface area (Å²) in [6.07, 6.45) is 7.85. The molecule has 1 aliphatic carbocycles. The van der Waals surface area contributed by atoms with E-state index in [1.54, 1.807) is 25.1 Å². The van der Waals surface area contributed by atoms with Gasteiger partial charge in [-0.05, 0) is 44.4 Å². The van der Waals surface area contributed by atoms with E-state index in [1.165, 1.54) is 32.1 Å². The Hall–Kier alpha value is -2.04. The normalized spacial score (nSPS) is 14.8. The Labute approximate surface area is 150 Å². The van der Waals surface area contributed by atoms with Crippen LogP contribution in [0, 0.1) is 5.92 Å². The number of hydrogen-bond acceptors (Lipinski definition) is 4. The molecule has 0 saturated heterocycles. The number of amides is 1. The van der Waals surface area contributed by atoms with Crippen molar-refractivity contribution < 1.29 is 19.1 Å². The third-order valence-corrected chi connectivity index (χ3v) is 4.57. The fraction of sp³-hybridized carbons (Fsp3) is 0.600. The molecule has 0 atom stereocenters. The van der Waals surface area contributed by atoms with Crippen molar-refractivity contribution in [2.45, 2.75) is 58.8 Å². The van der Waals surface area contributed by atoms with Crippen LogP contribution in [-0.4, -0.2) is 25.1 Å². The van der Waals surface area contributed by atoms with Crippen molar-refractivity contribution in [3.63, 3.8) is 0 Å². The number of anilines is 1. The van der Waals surface area contributed by atoms with E-state index in [9.17, 15) is 9.59 Å². The Bertz CT molecular complexity index is 579. The number of rotatable bonds is 8. The summed E-state index contributed by atoms with van der Waals surface area (Å²) >= 11 is 0. The van der Waals surface area contributed by atoms with Crippen molar-refractivity contribution in [2.24, 2.45) is 5.92 Å². The highest BCUT2D eigenvalue weighted by Crippen LogP contribution is 2.29. The molecular weight excluding hydrogens is 318 g/mol. The second kappa shape index (κ2) is 10.1. The molecule has 1 aromatic carbocycles. The fourth-order valence-electron chi connectivity index (χ4n) is 3.27. The van der Waals surface area contributed by atoms with Gasteiger partial charge in [0.25, 0.3) is 0 Å². The van der Waals surface area contributed by atoms with E-state index in [2.05, 4.69) is 5.32 Å². The molecule has 1 fully saturated rings. The van der Waals surface area contributed by atoms with E-state index in [1.807, 2.05) is 6.92 Å². The van der Waals surface area contributed by atoms with Crippen molar-refractivity contribution in [2.75, 3.05) is 18.5 Å². The van der Waals surface area contributed by atoms with Gasteiger partial charge in [-0.3, -0.25) is 4.79 Å². The number of hydrogen-bond donors (Lipinski definition) is 1. The molecule has 138 valence electrons. The van der Waals surface area contributed by atoms with Crippen LogP contribution in [0.1, 0.15) is 69.2 Å². The Balaban J connectivity index is 1.96. The molecule has 1 saturated carbocycles. The molecule has 5 nitrogen and oxygen atoms in total. The second-order valence-corrected chi connectivity index (χ2v) is 6.46. The van der Waals surface area contributed by atoms with Crippen molar-refractivity contribution in [3.8, 4) is 5.75 Å². The summed E-state index contributed by atoms with van der Waals surface area (Å²) in [5.41, 5.74) is 1.02. The topological polar surface area (TPSA) is 64.6 Å². The molecule has 1 aliphatic rings. The van der Waals surface area contributed by atoms with Crippen LogP contribution in [0.15, 0.2) is 18.2 Å². The molecule has 0 radical (unpaired) electrons. The molecule has 1 N–H and O–H groups in total. The SMILES string of the molecule is CCOC(=O)c1ccc(NC(=O)CCC2CCCCC2)c(OCC)c1. The van der Waals surface area contributed by atoms with Crippen molar-refractivity contribution in [1.82, 2.24) is 0 Å². The Kier molecular flexibility index (Phi) is 7.76. The zero-order chi connectivity index (χ0) is 18.1. The van der Waals surface area contributed by atoms with E-state index in [4.69, 9.17) is 9.47 Å². The third-order valence-electron chi connectivity index (χ3n) is 4.57. The molecule has 0 aromatic heterocycles. The molecule has 5 heteroatoms. The minimum atomic E-state index is -0.390. The average Bonchev–Trinajstić information content (AvgIpc) is 2.62. The molecule has 25 heavy (non-hydrogen) atoms. The molecule has 0 bridgehead atoms. The lowest BCUT2D eigenvalue weighted by atomic mass is 9.86.